The number of hydrogen-bond donors (Lipinski definition) is 4. The maximum atomic E-state index is 12.2. The number of carbonyl (C=O) groups is 3. The van der Waals surface area contributed by atoms with E-state index in [-0.39, 0.29) is 34.3 Å². The van der Waals surface area contributed by atoms with Gasteiger partial charge in [-0.05, 0) is 17.7 Å². The number of anilines is 1. The lowest BCUT2D eigenvalue weighted by Crippen LogP contribution is -2.27. The first kappa shape index (κ1) is 19.0. The lowest BCUT2D eigenvalue weighted by atomic mass is 10.1. The van der Waals surface area contributed by atoms with Crippen molar-refractivity contribution < 1.29 is 19.5 Å². The van der Waals surface area contributed by atoms with Gasteiger partial charge >= 0.3 is 0 Å². The molecule has 0 atom stereocenters. The summed E-state index contributed by atoms with van der Waals surface area (Å²) in [6.07, 6.45) is 0. The molecular weight excluding hydrogens is 360 g/mol. The number of amides is 3. The predicted octanol–water partition coefficient (Wildman–Crippen LogP) is 1.16. The van der Waals surface area contributed by atoms with Gasteiger partial charge in [-0.1, -0.05) is 36.4 Å². The van der Waals surface area contributed by atoms with Crippen LogP contribution in [0, 0.1) is 0 Å². The SMILES string of the molecule is CN(C)C(=O)c1cccc(NC2=C(NCc3ccccc3)C(=O)NC2=O)c1O. The molecule has 1 aliphatic heterocycles. The fourth-order valence-corrected chi connectivity index (χ4v) is 2.72. The lowest BCUT2D eigenvalue weighted by Gasteiger charge is -2.15. The molecule has 0 aromatic heterocycles. The van der Waals surface area contributed by atoms with Crippen molar-refractivity contribution in [3.63, 3.8) is 0 Å². The topological polar surface area (TPSA) is 111 Å². The van der Waals surface area contributed by atoms with Crippen LogP contribution < -0.4 is 16.0 Å². The molecule has 28 heavy (non-hydrogen) atoms. The molecule has 4 N–H and O–H groups in total. The minimum Gasteiger partial charge on any atom is -0.505 e. The smallest absolute Gasteiger partial charge is 0.276 e. The molecule has 3 amide bonds. The summed E-state index contributed by atoms with van der Waals surface area (Å²) in [4.78, 5) is 37.8. The van der Waals surface area contributed by atoms with Gasteiger partial charge in [0.15, 0.2) is 5.75 Å². The summed E-state index contributed by atoms with van der Waals surface area (Å²) in [5, 5.41) is 18.4. The van der Waals surface area contributed by atoms with E-state index in [1.54, 1.807) is 20.2 Å². The molecule has 0 bridgehead atoms. The van der Waals surface area contributed by atoms with Crippen LogP contribution in [0.3, 0.4) is 0 Å². The number of benzene rings is 2. The number of phenolic OH excluding ortho intramolecular Hbond substituents is 1. The van der Waals surface area contributed by atoms with E-state index in [9.17, 15) is 19.5 Å². The molecule has 8 nitrogen and oxygen atoms in total. The van der Waals surface area contributed by atoms with Gasteiger partial charge in [-0.2, -0.15) is 0 Å². The standard InChI is InChI=1S/C20H20N4O4/c1-24(2)20(28)13-9-6-10-14(17(13)25)22-16-15(18(26)23-19(16)27)21-11-12-7-4-3-5-8-12/h3-10,25H,11H2,1-2H3,(H3,21,22,23,26,27). The average Bonchev–Trinajstić information content (AvgIpc) is 2.94. The van der Waals surface area contributed by atoms with Crippen molar-refractivity contribution in [3.8, 4) is 5.75 Å². The molecular formula is C20H20N4O4. The van der Waals surface area contributed by atoms with Crippen LogP contribution in [-0.4, -0.2) is 41.8 Å². The summed E-state index contributed by atoms with van der Waals surface area (Å²) in [7, 11) is 3.14. The van der Waals surface area contributed by atoms with Crippen LogP contribution in [-0.2, 0) is 16.1 Å². The second-order valence-corrected chi connectivity index (χ2v) is 6.40. The van der Waals surface area contributed by atoms with Gasteiger partial charge < -0.3 is 20.6 Å². The van der Waals surface area contributed by atoms with Crippen LogP contribution in [0.1, 0.15) is 15.9 Å². The zero-order chi connectivity index (χ0) is 20.3. The zero-order valence-electron chi connectivity index (χ0n) is 15.4. The van der Waals surface area contributed by atoms with Crippen molar-refractivity contribution in [2.75, 3.05) is 19.4 Å². The highest BCUT2D eigenvalue weighted by Gasteiger charge is 2.31. The highest BCUT2D eigenvalue weighted by Crippen LogP contribution is 2.30. The molecule has 2 aromatic rings. The van der Waals surface area contributed by atoms with E-state index in [4.69, 9.17) is 0 Å². The zero-order valence-corrected chi connectivity index (χ0v) is 15.4. The first-order valence-electron chi connectivity index (χ1n) is 8.57. The molecule has 2 aromatic carbocycles. The molecule has 0 spiro atoms. The Labute approximate surface area is 161 Å². The Hall–Kier alpha value is -3.81. The molecule has 0 saturated carbocycles. The average molecular weight is 380 g/mol. The van der Waals surface area contributed by atoms with E-state index in [2.05, 4.69) is 16.0 Å². The number of phenols is 1. The first-order chi connectivity index (χ1) is 13.4. The quantitative estimate of drug-likeness (QED) is 0.442. The third-order valence-corrected chi connectivity index (χ3v) is 4.18. The fourth-order valence-electron chi connectivity index (χ4n) is 2.72. The number of para-hydroxylation sites is 1. The van der Waals surface area contributed by atoms with Gasteiger partial charge in [0.05, 0.1) is 11.3 Å². The Kier molecular flexibility index (Phi) is 5.30. The minimum absolute atomic E-state index is 0.0225. The molecule has 3 rings (SSSR count). The van der Waals surface area contributed by atoms with Gasteiger partial charge in [0.1, 0.15) is 11.4 Å². The molecule has 0 unspecified atom stereocenters. The van der Waals surface area contributed by atoms with E-state index in [1.165, 1.54) is 17.0 Å². The summed E-state index contributed by atoms with van der Waals surface area (Å²) >= 11 is 0. The van der Waals surface area contributed by atoms with E-state index >= 15 is 0 Å². The van der Waals surface area contributed by atoms with Gasteiger partial charge in [-0.25, -0.2) is 0 Å². The molecule has 0 fully saturated rings. The van der Waals surface area contributed by atoms with Crippen molar-refractivity contribution in [1.29, 1.82) is 0 Å². The summed E-state index contributed by atoms with van der Waals surface area (Å²) in [5.41, 5.74) is 1.21. The Balaban J connectivity index is 1.89. The number of nitrogens with zero attached hydrogens (tertiary/aromatic N) is 1. The van der Waals surface area contributed by atoms with Gasteiger partial charge in [-0.15, -0.1) is 0 Å². The van der Waals surface area contributed by atoms with E-state index < -0.39 is 11.8 Å². The molecule has 0 saturated heterocycles. The lowest BCUT2D eigenvalue weighted by molar-refractivity contribution is -0.124. The number of nitrogens with one attached hydrogen (secondary N) is 3. The van der Waals surface area contributed by atoms with Crippen LogP contribution in [0.4, 0.5) is 5.69 Å². The minimum atomic E-state index is -0.621. The highest BCUT2D eigenvalue weighted by atomic mass is 16.3. The normalized spacial score (nSPS) is 13.4. The third kappa shape index (κ3) is 3.80. The first-order valence-corrected chi connectivity index (χ1v) is 8.57. The Morgan fingerprint density at radius 3 is 2.36 bits per heavy atom. The van der Waals surface area contributed by atoms with Gasteiger partial charge in [0.25, 0.3) is 17.7 Å². The molecule has 0 aliphatic carbocycles. The van der Waals surface area contributed by atoms with E-state index in [1.807, 2.05) is 30.3 Å². The Morgan fingerprint density at radius 2 is 1.68 bits per heavy atom. The number of rotatable bonds is 6. The van der Waals surface area contributed by atoms with Gasteiger partial charge in [0, 0.05) is 20.6 Å². The van der Waals surface area contributed by atoms with Crippen molar-refractivity contribution in [2.45, 2.75) is 6.54 Å². The van der Waals surface area contributed by atoms with Crippen LogP contribution in [0.15, 0.2) is 59.9 Å². The summed E-state index contributed by atoms with van der Waals surface area (Å²) in [5.74, 6) is -1.87. The summed E-state index contributed by atoms with van der Waals surface area (Å²) in [6.45, 7) is 0.340. The molecule has 8 heteroatoms. The molecule has 1 aliphatic rings. The van der Waals surface area contributed by atoms with E-state index in [0.717, 1.165) is 5.56 Å². The summed E-state index contributed by atoms with van der Waals surface area (Å²) in [6, 6.07) is 14.0. The fraction of sp³-hybridized carbons (Fsp3) is 0.150. The monoisotopic (exact) mass is 380 g/mol. The van der Waals surface area contributed by atoms with Crippen LogP contribution >= 0.6 is 0 Å². The third-order valence-electron chi connectivity index (χ3n) is 4.18. The predicted molar refractivity (Wildman–Crippen MR) is 103 cm³/mol. The number of aromatic hydroxyl groups is 1. The van der Waals surface area contributed by atoms with Crippen LogP contribution in [0.25, 0.3) is 0 Å². The number of carbonyl (C=O) groups excluding carboxylic acids is 3. The molecule has 144 valence electrons. The second kappa shape index (κ2) is 7.83. The van der Waals surface area contributed by atoms with Crippen molar-refractivity contribution in [2.24, 2.45) is 0 Å². The molecule has 1 heterocycles. The Bertz CT molecular complexity index is 967. The van der Waals surface area contributed by atoms with Crippen LogP contribution in [0.2, 0.25) is 0 Å². The number of hydrogen-bond acceptors (Lipinski definition) is 6. The molecule has 0 radical (unpaired) electrons. The Morgan fingerprint density at radius 1 is 1.00 bits per heavy atom. The van der Waals surface area contributed by atoms with Crippen molar-refractivity contribution in [3.05, 3.63) is 71.1 Å². The largest absolute Gasteiger partial charge is 0.505 e. The maximum absolute atomic E-state index is 12.2. The van der Waals surface area contributed by atoms with Gasteiger partial charge in [-0.3, -0.25) is 19.7 Å². The second-order valence-electron chi connectivity index (χ2n) is 6.40. The maximum Gasteiger partial charge on any atom is 0.276 e. The van der Waals surface area contributed by atoms with Gasteiger partial charge in [0.2, 0.25) is 0 Å². The highest BCUT2D eigenvalue weighted by molar-refractivity contribution is 6.20. The van der Waals surface area contributed by atoms with E-state index in [0.29, 0.717) is 6.54 Å². The van der Waals surface area contributed by atoms with Crippen LogP contribution in [0.5, 0.6) is 5.75 Å². The number of imide groups is 1. The van der Waals surface area contributed by atoms with Crippen molar-refractivity contribution in [1.82, 2.24) is 15.5 Å². The summed E-state index contributed by atoms with van der Waals surface area (Å²) < 4.78 is 0. The van der Waals surface area contributed by atoms with Crippen molar-refractivity contribution >= 4 is 23.4 Å².